The standard InChI is InChI=1S/C14H12BrNO3/c1-19-13-7-4-10(15)8-12(13)16-11-5-2-9(3-6-11)14(17)18/h2-8,16H,1H3,(H,17,18). The number of ether oxygens (including phenoxy) is 1. The Morgan fingerprint density at radius 1 is 1.21 bits per heavy atom. The van der Waals surface area contributed by atoms with Crippen molar-refractivity contribution in [1.29, 1.82) is 0 Å². The first-order chi connectivity index (χ1) is 9.10. The van der Waals surface area contributed by atoms with Crippen LogP contribution in [0.1, 0.15) is 10.4 Å². The molecule has 0 spiro atoms. The van der Waals surface area contributed by atoms with E-state index in [1.54, 1.807) is 31.4 Å². The fourth-order valence-electron chi connectivity index (χ4n) is 1.63. The van der Waals surface area contributed by atoms with E-state index < -0.39 is 5.97 Å². The lowest BCUT2D eigenvalue weighted by Gasteiger charge is -2.11. The molecule has 4 nitrogen and oxygen atoms in total. The van der Waals surface area contributed by atoms with E-state index in [0.29, 0.717) is 5.75 Å². The first-order valence-electron chi connectivity index (χ1n) is 5.54. The molecule has 19 heavy (non-hydrogen) atoms. The van der Waals surface area contributed by atoms with Crippen molar-refractivity contribution in [1.82, 2.24) is 0 Å². The quantitative estimate of drug-likeness (QED) is 0.896. The number of nitrogens with one attached hydrogen (secondary N) is 1. The third-order valence-corrected chi connectivity index (χ3v) is 3.07. The van der Waals surface area contributed by atoms with Gasteiger partial charge in [-0.2, -0.15) is 0 Å². The average Bonchev–Trinajstić information content (AvgIpc) is 2.39. The third-order valence-electron chi connectivity index (χ3n) is 2.57. The van der Waals surface area contributed by atoms with E-state index in [1.807, 2.05) is 18.2 Å². The van der Waals surface area contributed by atoms with Crippen LogP contribution in [-0.4, -0.2) is 18.2 Å². The highest BCUT2D eigenvalue weighted by molar-refractivity contribution is 9.10. The van der Waals surface area contributed by atoms with Crippen LogP contribution in [0.3, 0.4) is 0 Å². The molecule has 0 bridgehead atoms. The average molecular weight is 322 g/mol. The van der Waals surface area contributed by atoms with Crippen LogP contribution in [0.2, 0.25) is 0 Å². The summed E-state index contributed by atoms with van der Waals surface area (Å²) in [6.07, 6.45) is 0. The zero-order chi connectivity index (χ0) is 13.8. The zero-order valence-corrected chi connectivity index (χ0v) is 11.8. The van der Waals surface area contributed by atoms with Gasteiger partial charge < -0.3 is 15.2 Å². The summed E-state index contributed by atoms with van der Waals surface area (Å²) in [6, 6.07) is 12.2. The van der Waals surface area contributed by atoms with Gasteiger partial charge in [-0.05, 0) is 42.5 Å². The minimum Gasteiger partial charge on any atom is -0.495 e. The van der Waals surface area contributed by atoms with Gasteiger partial charge in [-0.3, -0.25) is 0 Å². The minimum atomic E-state index is -0.938. The minimum absolute atomic E-state index is 0.256. The molecule has 0 fully saturated rings. The number of benzene rings is 2. The van der Waals surface area contributed by atoms with Gasteiger partial charge in [0.1, 0.15) is 5.75 Å². The van der Waals surface area contributed by atoms with Gasteiger partial charge in [0.2, 0.25) is 0 Å². The highest BCUT2D eigenvalue weighted by Gasteiger charge is 2.05. The predicted octanol–water partition coefficient (Wildman–Crippen LogP) is 3.90. The van der Waals surface area contributed by atoms with Gasteiger partial charge in [0.15, 0.2) is 0 Å². The van der Waals surface area contributed by atoms with Crippen LogP contribution >= 0.6 is 15.9 Å². The van der Waals surface area contributed by atoms with Crippen molar-refractivity contribution in [2.75, 3.05) is 12.4 Å². The SMILES string of the molecule is COc1ccc(Br)cc1Nc1ccc(C(=O)O)cc1. The summed E-state index contributed by atoms with van der Waals surface area (Å²) in [5, 5.41) is 12.0. The molecular formula is C14H12BrNO3. The van der Waals surface area contributed by atoms with Crippen molar-refractivity contribution in [2.24, 2.45) is 0 Å². The van der Waals surface area contributed by atoms with Crippen LogP contribution in [0, 0.1) is 0 Å². The Kier molecular flexibility index (Phi) is 4.06. The molecular weight excluding hydrogens is 310 g/mol. The lowest BCUT2D eigenvalue weighted by Crippen LogP contribution is -1.97. The number of halogens is 1. The number of hydrogen-bond acceptors (Lipinski definition) is 3. The zero-order valence-electron chi connectivity index (χ0n) is 10.2. The summed E-state index contributed by atoms with van der Waals surface area (Å²) in [7, 11) is 1.60. The fourth-order valence-corrected chi connectivity index (χ4v) is 1.99. The van der Waals surface area contributed by atoms with Crippen molar-refractivity contribution in [3.8, 4) is 5.75 Å². The molecule has 0 aromatic heterocycles. The van der Waals surface area contributed by atoms with Gasteiger partial charge in [0.05, 0.1) is 18.4 Å². The molecule has 0 saturated carbocycles. The molecule has 2 N–H and O–H groups in total. The molecule has 2 aromatic rings. The smallest absolute Gasteiger partial charge is 0.335 e. The second kappa shape index (κ2) is 5.75. The molecule has 0 aliphatic carbocycles. The first-order valence-corrected chi connectivity index (χ1v) is 6.33. The van der Waals surface area contributed by atoms with Gasteiger partial charge >= 0.3 is 5.97 Å². The molecule has 0 heterocycles. The van der Waals surface area contributed by atoms with Gasteiger partial charge in [0.25, 0.3) is 0 Å². The van der Waals surface area contributed by atoms with Gasteiger partial charge in [0, 0.05) is 10.2 Å². The summed E-state index contributed by atoms with van der Waals surface area (Å²) < 4.78 is 6.19. The van der Waals surface area contributed by atoms with Crippen LogP contribution in [0.5, 0.6) is 5.75 Å². The van der Waals surface area contributed by atoms with E-state index in [2.05, 4.69) is 21.2 Å². The first kappa shape index (κ1) is 13.4. The molecule has 0 atom stereocenters. The van der Waals surface area contributed by atoms with Gasteiger partial charge in [-0.1, -0.05) is 15.9 Å². The summed E-state index contributed by atoms with van der Waals surface area (Å²) in [6.45, 7) is 0. The normalized spacial score (nSPS) is 10.0. The molecule has 5 heteroatoms. The molecule has 0 radical (unpaired) electrons. The van der Waals surface area contributed by atoms with E-state index >= 15 is 0 Å². The Labute approximate surface area is 119 Å². The van der Waals surface area contributed by atoms with Crippen LogP contribution in [0.15, 0.2) is 46.9 Å². The predicted molar refractivity (Wildman–Crippen MR) is 77.4 cm³/mol. The van der Waals surface area contributed by atoms with Crippen LogP contribution in [0.25, 0.3) is 0 Å². The maximum atomic E-state index is 10.8. The summed E-state index contributed by atoms with van der Waals surface area (Å²) in [4.78, 5) is 10.8. The molecule has 0 unspecified atom stereocenters. The molecule has 98 valence electrons. The third kappa shape index (κ3) is 3.26. The van der Waals surface area contributed by atoms with E-state index in [0.717, 1.165) is 15.8 Å². The number of methoxy groups -OCH3 is 1. The Morgan fingerprint density at radius 3 is 2.47 bits per heavy atom. The topological polar surface area (TPSA) is 58.6 Å². The monoisotopic (exact) mass is 321 g/mol. The largest absolute Gasteiger partial charge is 0.495 e. The maximum absolute atomic E-state index is 10.8. The summed E-state index contributed by atoms with van der Waals surface area (Å²) in [5.41, 5.74) is 1.85. The summed E-state index contributed by atoms with van der Waals surface area (Å²) >= 11 is 3.40. The Morgan fingerprint density at radius 2 is 1.89 bits per heavy atom. The molecule has 2 aromatic carbocycles. The highest BCUT2D eigenvalue weighted by Crippen LogP contribution is 2.30. The van der Waals surface area contributed by atoms with Crippen molar-refractivity contribution >= 4 is 33.3 Å². The van der Waals surface area contributed by atoms with Crippen molar-refractivity contribution in [3.63, 3.8) is 0 Å². The lowest BCUT2D eigenvalue weighted by molar-refractivity contribution is 0.0697. The highest BCUT2D eigenvalue weighted by atomic mass is 79.9. The molecule has 0 amide bonds. The number of anilines is 2. The van der Waals surface area contributed by atoms with Gasteiger partial charge in [-0.15, -0.1) is 0 Å². The van der Waals surface area contributed by atoms with E-state index in [4.69, 9.17) is 9.84 Å². The van der Waals surface area contributed by atoms with E-state index in [9.17, 15) is 4.79 Å². The molecule has 0 aliphatic heterocycles. The van der Waals surface area contributed by atoms with Crippen LogP contribution < -0.4 is 10.1 Å². The maximum Gasteiger partial charge on any atom is 0.335 e. The van der Waals surface area contributed by atoms with Crippen molar-refractivity contribution in [2.45, 2.75) is 0 Å². The number of rotatable bonds is 4. The Balaban J connectivity index is 2.25. The molecule has 0 saturated heterocycles. The Hall–Kier alpha value is -2.01. The second-order valence-corrected chi connectivity index (χ2v) is 4.77. The van der Waals surface area contributed by atoms with Crippen LogP contribution in [-0.2, 0) is 0 Å². The van der Waals surface area contributed by atoms with E-state index in [-0.39, 0.29) is 5.56 Å². The number of carboxylic acid groups (broad SMARTS) is 1. The number of hydrogen-bond donors (Lipinski definition) is 2. The fraction of sp³-hybridized carbons (Fsp3) is 0.0714. The van der Waals surface area contributed by atoms with Gasteiger partial charge in [-0.25, -0.2) is 4.79 Å². The second-order valence-electron chi connectivity index (χ2n) is 3.85. The number of carboxylic acids is 1. The summed E-state index contributed by atoms with van der Waals surface area (Å²) in [5.74, 6) is -0.225. The van der Waals surface area contributed by atoms with Crippen LogP contribution in [0.4, 0.5) is 11.4 Å². The Bertz CT molecular complexity index is 596. The van der Waals surface area contributed by atoms with E-state index in [1.165, 1.54) is 0 Å². The number of carbonyl (C=O) groups is 1. The number of aromatic carboxylic acids is 1. The van der Waals surface area contributed by atoms with Crippen molar-refractivity contribution in [3.05, 3.63) is 52.5 Å². The molecule has 0 aliphatic rings. The van der Waals surface area contributed by atoms with Crippen molar-refractivity contribution < 1.29 is 14.6 Å². The lowest BCUT2D eigenvalue weighted by atomic mass is 10.2. The molecule has 2 rings (SSSR count).